The van der Waals surface area contributed by atoms with E-state index in [1.165, 1.54) is 0 Å². The number of rotatable bonds is 4. The van der Waals surface area contributed by atoms with E-state index in [4.69, 9.17) is 0 Å². The predicted molar refractivity (Wildman–Crippen MR) is 109 cm³/mol. The fraction of sp³-hybridized carbons (Fsp3) is 0.409. The molecule has 0 bridgehead atoms. The maximum Gasteiger partial charge on any atom is 0.254 e. The van der Waals surface area contributed by atoms with Crippen molar-refractivity contribution < 1.29 is 13.2 Å². The fourth-order valence-corrected chi connectivity index (χ4v) is 5.76. The number of likely N-dealkylation sites (tertiary alicyclic amines) is 1. The Labute approximate surface area is 166 Å². The number of carbonyl (C=O) groups is 1. The van der Waals surface area contributed by atoms with Crippen molar-refractivity contribution in [2.45, 2.75) is 23.5 Å². The molecule has 1 amide bonds. The molecule has 2 heterocycles. The Bertz CT molecular complexity index is 929. The molecule has 0 aliphatic carbocycles. The van der Waals surface area contributed by atoms with Crippen LogP contribution in [0.25, 0.3) is 0 Å². The van der Waals surface area contributed by atoms with Crippen molar-refractivity contribution in [2.75, 3.05) is 26.2 Å². The molecule has 0 radical (unpaired) electrons. The van der Waals surface area contributed by atoms with Gasteiger partial charge in [0.2, 0.25) is 0 Å². The molecule has 28 heavy (non-hydrogen) atoms. The molecule has 0 spiro atoms. The van der Waals surface area contributed by atoms with Crippen molar-refractivity contribution >= 4 is 15.7 Å². The molecule has 4 rings (SSSR count). The number of hydrogen-bond donors (Lipinski definition) is 1. The van der Waals surface area contributed by atoms with Gasteiger partial charge in [-0.2, -0.15) is 0 Å². The van der Waals surface area contributed by atoms with Gasteiger partial charge in [0.15, 0.2) is 9.84 Å². The third-order valence-electron chi connectivity index (χ3n) is 6.00. The van der Waals surface area contributed by atoms with E-state index in [2.05, 4.69) is 5.32 Å². The van der Waals surface area contributed by atoms with Crippen molar-refractivity contribution in [1.82, 2.24) is 10.2 Å². The first-order valence-electron chi connectivity index (χ1n) is 9.90. The zero-order chi connectivity index (χ0) is 19.6. The summed E-state index contributed by atoms with van der Waals surface area (Å²) in [6, 6.07) is 15.5. The molecule has 0 saturated carbocycles. The van der Waals surface area contributed by atoms with E-state index in [1.807, 2.05) is 11.0 Å². The van der Waals surface area contributed by atoms with Crippen molar-refractivity contribution in [1.29, 1.82) is 0 Å². The third kappa shape index (κ3) is 3.98. The van der Waals surface area contributed by atoms with Gasteiger partial charge in [0.1, 0.15) is 0 Å². The Morgan fingerprint density at radius 3 is 2.21 bits per heavy atom. The number of nitrogens with zero attached hydrogens (tertiary/aromatic N) is 1. The summed E-state index contributed by atoms with van der Waals surface area (Å²) in [6.07, 6.45) is 2.02. The number of benzene rings is 2. The molecule has 2 saturated heterocycles. The van der Waals surface area contributed by atoms with Gasteiger partial charge in [0.05, 0.1) is 10.6 Å². The number of nitrogens with one attached hydrogen (secondary N) is 1. The SMILES string of the molecule is O=C(c1ccccc1CS(=O)(=O)c1ccccc1)N1CC[C@@H]2CNC[C@@H]2CC1. The van der Waals surface area contributed by atoms with E-state index in [1.54, 1.807) is 48.5 Å². The van der Waals surface area contributed by atoms with Gasteiger partial charge in [-0.05, 0) is 61.5 Å². The number of hydrogen-bond acceptors (Lipinski definition) is 4. The van der Waals surface area contributed by atoms with Crippen molar-refractivity contribution in [3.05, 3.63) is 65.7 Å². The fourth-order valence-electron chi connectivity index (χ4n) is 4.36. The molecule has 2 aromatic carbocycles. The molecule has 148 valence electrons. The average Bonchev–Trinajstić information content (AvgIpc) is 3.06. The first kappa shape index (κ1) is 19.2. The second-order valence-electron chi connectivity index (χ2n) is 7.78. The van der Waals surface area contributed by atoms with Crippen LogP contribution in [0, 0.1) is 11.8 Å². The van der Waals surface area contributed by atoms with Gasteiger partial charge in [0.25, 0.3) is 5.91 Å². The van der Waals surface area contributed by atoms with E-state index < -0.39 is 9.84 Å². The third-order valence-corrected chi connectivity index (χ3v) is 7.68. The molecular weight excluding hydrogens is 372 g/mol. The Morgan fingerprint density at radius 2 is 1.54 bits per heavy atom. The van der Waals surface area contributed by atoms with Crippen LogP contribution < -0.4 is 5.32 Å². The Balaban J connectivity index is 1.55. The van der Waals surface area contributed by atoms with Crippen LogP contribution in [-0.2, 0) is 15.6 Å². The van der Waals surface area contributed by atoms with Gasteiger partial charge >= 0.3 is 0 Å². The summed E-state index contributed by atoms with van der Waals surface area (Å²) in [5, 5.41) is 3.45. The number of sulfone groups is 1. The van der Waals surface area contributed by atoms with Crippen molar-refractivity contribution in [3.63, 3.8) is 0 Å². The van der Waals surface area contributed by atoms with E-state index in [9.17, 15) is 13.2 Å². The maximum absolute atomic E-state index is 13.2. The van der Waals surface area contributed by atoms with E-state index in [0.29, 0.717) is 23.0 Å². The van der Waals surface area contributed by atoms with E-state index in [0.717, 1.165) is 39.0 Å². The van der Waals surface area contributed by atoms with Crippen LogP contribution in [0.3, 0.4) is 0 Å². The van der Waals surface area contributed by atoms with E-state index in [-0.39, 0.29) is 16.6 Å². The molecule has 2 fully saturated rings. The average molecular weight is 399 g/mol. The highest BCUT2D eigenvalue weighted by atomic mass is 32.2. The highest BCUT2D eigenvalue weighted by Crippen LogP contribution is 2.28. The molecule has 2 aliphatic rings. The summed E-state index contributed by atoms with van der Waals surface area (Å²) in [5.41, 5.74) is 1.08. The zero-order valence-corrected chi connectivity index (χ0v) is 16.7. The van der Waals surface area contributed by atoms with Crippen molar-refractivity contribution in [3.8, 4) is 0 Å². The molecule has 5 nitrogen and oxygen atoms in total. The van der Waals surface area contributed by atoms with Crippen LogP contribution in [0.5, 0.6) is 0 Å². The first-order chi connectivity index (χ1) is 13.5. The second kappa shape index (κ2) is 8.05. The predicted octanol–water partition coefficient (Wildman–Crippen LogP) is 2.73. The number of fused-ring (bicyclic) bond motifs is 1. The van der Waals surface area contributed by atoms with Gasteiger partial charge in [0, 0.05) is 18.7 Å². The number of amides is 1. The van der Waals surface area contributed by atoms with E-state index >= 15 is 0 Å². The summed E-state index contributed by atoms with van der Waals surface area (Å²) in [6.45, 7) is 3.56. The lowest BCUT2D eigenvalue weighted by Gasteiger charge is -2.22. The molecule has 2 aromatic rings. The molecule has 0 aromatic heterocycles. The smallest absolute Gasteiger partial charge is 0.254 e. The minimum absolute atomic E-state index is 0.0493. The molecule has 2 atom stereocenters. The second-order valence-corrected chi connectivity index (χ2v) is 9.77. The topological polar surface area (TPSA) is 66.5 Å². The van der Waals surface area contributed by atoms with Gasteiger partial charge in [-0.3, -0.25) is 4.79 Å². The Morgan fingerprint density at radius 1 is 0.929 bits per heavy atom. The molecule has 2 aliphatic heterocycles. The summed E-state index contributed by atoms with van der Waals surface area (Å²) >= 11 is 0. The van der Waals surface area contributed by atoms with Gasteiger partial charge < -0.3 is 10.2 Å². The largest absolute Gasteiger partial charge is 0.339 e. The van der Waals surface area contributed by atoms with Crippen LogP contribution in [0.2, 0.25) is 0 Å². The Hall–Kier alpha value is -2.18. The highest BCUT2D eigenvalue weighted by Gasteiger charge is 2.32. The van der Waals surface area contributed by atoms with Crippen LogP contribution in [0.15, 0.2) is 59.5 Å². The molecule has 0 unspecified atom stereocenters. The minimum atomic E-state index is -3.50. The normalized spacial score (nSPS) is 22.5. The molecule has 1 N–H and O–H groups in total. The quantitative estimate of drug-likeness (QED) is 0.860. The minimum Gasteiger partial charge on any atom is -0.339 e. The highest BCUT2D eigenvalue weighted by molar-refractivity contribution is 7.90. The molecule has 6 heteroatoms. The summed E-state index contributed by atoms with van der Waals surface area (Å²) < 4.78 is 25.6. The standard InChI is InChI=1S/C22H26N2O3S/c25-22(24-12-10-17-14-23-15-18(17)11-13-24)21-9-5-4-6-19(21)16-28(26,27)20-7-2-1-3-8-20/h1-9,17-18,23H,10-16H2/t17-,18+. The maximum atomic E-state index is 13.2. The van der Waals surface area contributed by atoms with Gasteiger partial charge in [-0.15, -0.1) is 0 Å². The monoisotopic (exact) mass is 398 g/mol. The van der Waals surface area contributed by atoms with Gasteiger partial charge in [-0.25, -0.2) is 8.42 Å². The van der Waals surface area contributed by atoms with Crippen LogP contribution >= 0.6 is 0 Å². The lowest BCUT2D eigenvalue weighted by atomic mass is 9.92. The first-order valence-corrected chi connectivity index (χ1v) is 11.6. The Kier molecular flexibility index (Phi) is 5.51. The summed E-state index contributed by atoms with van der Waals surface area (Å²) in [7, 11) is -3.50. The van der Waals surface area contributed by atoms with Crippen LogP contribution in [-0.4, -0.2) is 45.4 Å². The van der Waals surface area contributed by atoms with Crippen molar-refractivity contribution in [2.24, 2.45) is 11.8 Å². The summed E-state index contributed by atoms with van der Waals surface area (Å²) in [4.78, 5) is 15.4. The lowest BCUT2D eigenvalue weighted by Crippen LogP contribution is -2.33. The number of carbonyl (C=O) groups excluding carboxylic acids is 1. The van der Waals surface area contributed by atoms with Crippen LogP contribution in [0.4, 0.5) is 0 Å². The molecular formula is C22H26N2O3S. The van der Waals surface area contributed by atoms with Crippen LogP contribution in [0.1, 0.15) is 28.8 Å². The van der Waals surface area contributed by atoms with Gasteiger partial charge in [-0.1, -0.05) is 36.4 Å². The summed E-state index contributed by atoms with van der Waals surface area (Å²) in [5.74, 6) is 1.08. The lowest BCUT2D eigenvalue weighted by molar-refractivity contribution is 0.0757. The zero-order valence-electron chi connectivity index (χ0n) is 15.9.